The van der Waals surface area contributed by atoms with Gasteiger partial charge in [0.1, 0.15) is 0 Å². The Kier molecular flexibility index (Phi) is 18.7. The van der Waals surface area contributed by atoms with E-state index >= 15 is 0 Å². The molecule has 0 aliphatic rings. The predicted octanol–water partition coefficient (Wildman–Crippen LogP) is 2.91. The summed E-state index contributed by atoms with van der Waals surface area (Å²) >= 11 is 0. The number of unbranched alkanes of at least 4 members (excludes halogenated alkanes) is 7. The second-order valence-corrected chi connectivity index (χ2v) is 5.21. The van der Waals surface area contributed by atoms with Gasteiger partial charge in [0, 0.05) is 39.6 Å². The molecule has 20 heavy (non-hydrogen) atoms. The molecule has 0 aliphatic heterocycles. The number of hydrogen-bond acceptors (Lipinski definition) is 4. The van der Waals surface area contributed by atoms with Gasteiger partial charge in [-0.05, 0) is 38.5 Å². The summed E-state index contributed by atoms with van der Waals surface area (Å²) in [6.07, 6.45) is 10.8. The van der Waals surface area contributed by atoms with E-state index in [1.807, 2.05) is 0 Å². The summed E-state index contributed by atoms with van der Waals surface area (Å²) in [5.41, 5.74) is 0. The van der Waals surface area contributed by atoms with Crippen molar-refractivity contribution in [3.63, 3.8) is 0 Å². The molecule has 0 amide bonds. The van der Waals surface area contributed by atoms with Gasteiger partial charge in [0.2, 0.25) is 0 Å². The van der Waals surface area contributed by atoms with Crippen LogP contribution in [0.15, 0.2) is 0 Å². The van der Waals surface area contributed by atoms with Crippen LogP contribution >= 0.6 is 0 Å². The van der Waals surface area contributed by atoms with Crippen LogP contribution in [0.1, 0.15) is 64.2 Å². The maximum absolute atomic E-state index is 8.63. The maximum atomic E-state index is 8.63. The number of aliphatic hydroxyl groups is 2. The Hall–Kier alpha value is -0.160. The first-order valence-electron chi connectivity index (χ1n) is 8.29. The van der Waals surface area contributed by atoms with E-state index in [0.717, 1.165) is 77.8 Å². The third-order valence-corrected chi connectivity index (χ3v) is 3.22. The molecule has 0 saturated carbocycles. The van der Waals surface area contributed by atoms with Crippen LogP contribution in [0, 0.1) is 0 Å². The fourth-order valence-corrected chi connectivity index (χ4v) is 1.95. The molecule has 0 rings (SSSR count). The van der Waals surface area contributed by atoms with Crippen LogP contribution in [0.3, 0.4) is 0 Å². The summed E-state index contributed by atoms with van der Waals surface area (Å²) in [7, 11) is 0. The molecule has 0 aromatic rings. The summed E-state index contributed by atoms with van der Waals surface area (Å²) in [6, 6.07) is 0. The van der Waals surface area contributed by atoms with Gasteiger partial charge in [-0.1, -0.05) is 25.7 Å². The predicted molar refractivity (Wildman–Crippen MR) is 82.0 cm³/mol. The molecule has 0 saturated heterocycles. The van der Waals surface area contributed by atoms with Crippen molar-refractivity contribution in [3.8, 4) is 0 Å². The molecule has 4 nitrogen and oxygen atoms in total. The van der Waals surface area contributed by atoms with E-state index in [-0.39, 0.29) is 6.61 Å². The lowest BCUT2D eigenvalue weighted by molar-refractivity contribution is 0.115. The first-order chi connectivity index (χ1) is 9.91. The normalized spacial score (nSPS) is 11.1. The van der Waals surface area contributed by atoms with Crippen LogP contribution in [0.25, 0.3) is 0 Å². The Morgan fingerprint density at radius 2 is 0.700 bits per heavy atom. The van der Waals surface area contributed by atoms with E-state index in [2.05, 4.69) is 0 Å². The molecule has 0 aromatic heterocycles. The average Bonchev–Trinajstić information content (AvgIpc) is 2.47. The van der Waals surface area contributed by atoms with Gasteiger partial charge in [-0.15, -0.1) is 0 Å². The Balaban J connectivity index is 2.89. The summed E-state index contributed by atoms with van der Waals surface area (Å²) in [6.45, 7) is 3.94. The highest BCUT2D eigenvalue weighted by molar-refractivity contribution is 4.45. The van der Waals surface area contributed by atoms with Gasteiger partial charge in [0.15, 0.2) is 0 Å². The molecule has 0 fully saturated rings. The van der Waals surface area contributed by atoms with Gasteiger partial charge in [-0.3, -0.25) is 0 Å². The Labute approximate surface area is 124 Å². The highest BCUT2D eigenvalue weighted by atomic mass is 16.5. The molecular weight excluding hydrogens is 256 g/mol. The molecule has 0 atom stereocenters. The van der Waals surface area contributed by atoms with Crippen molar-refractivity contribution in [3.05, 3.63) is 0 Å². The molecule has 2 N–H and O–H groups in total. The summed E-state index contributed by atoms with van der Waals surface area (Å²) in [5, 5.41) is 17.2. The molecule has 0 aromatic carbocycles. The third-order valence-electron chi connectivity index (χ3n) is 3.22. The van der Waals surface area contributed by atoms with Crippen molar-refractivity contribution in [2.45, 2.75) is 64.2 Å². The molecule has 122 valence electrons. The van der Waals surface area contributed by atoms with Crippen LogP contribution in [-0.4, -0.2) is 49.9 Å². The van der Waals surface area contributed by atoms with Gasteiger partial charge < -0.3 is 19.7 Å². The minimum Gasteiger partial charge on any atom is -0.396 e. The van der Waals surface area contributed by atoms with Crippen molar-refractivity contribution < 1.29 is 19.7 Å². The van der Waals surface area contributed by atoms with Gasteiger partial charge in [0.25, 0.3) is 0 Å². The number of ether oxygens (including phenoxy) is 2. The second kappa shape index (κ2) is 18.8. The molecule has 0 bridgehead atoms. The van der Waals surface area contributed by atoms with E-state index in [1.165, 1.54) is 12.8 Å². The molecule has 0 unspecified atom stereocenters. The standard InChI is InChI=1S/C16H34O4/c17-11-5-1-2-7-13-19-14-8-3-4-9-15-20-16-10-6-12-18/h17-18H,1-16H2. The monoisotopic (exact) mass is 290 g/mol. The topological polar surface area (TPSA) is 58.9 Å². The quantitative estimate of drug-likeness (QED) is 0.404. The lowest BCUT2D eigenvalue weighted by Crippen LogP contribution is -1.99. The summed E-state index contributed by atoms with van der Waals surface area (Å²) < 4.78 is 11.0. The van der Waals surface area contributed by atoms with Crippen molar-refractivity contribution in [1.29, 1.82) is 0 Å². The van der Waals surface area contributed by atoms with Crippen molar-refractivity contribution in [2.24, 2.45) is 0 Å². The average molecular weight is 290 g/mol. The second-order valence-electron chi connectivity index (χ2n) is 5.21. The highest BCUT2D eigenvalue weighted by Gasteiger charge is 1.94. The largest absolute Gasteiger partial charge is 0.396 e. The third kappa shape index (κ3) is 17.8. The van der Waals surface area contributed by atoms with E-state index < -0.39 is 0 Å². The first-order valence-corrected chi connectivity index (χ1v) is 8.29. The van der Waals surface area contributed by atoms with Crippen LogP contribution in [0.4, 0.5) is 0 Å². The van der Waals surface area contributed by atoms with Crippen molar-refractivity contribution in [2.75, 3.05) is 39.6 Å². The minimum atomic E-state index is 0.269. The van der Waals surface area contributed by atoms with Gasteiger partial charge >= 0.3 is 0 Å². The zero-order valence-electron chi connectivity index (χ0n) is 13.0. The lowest BCUT2D eigenvalue weighted by Gasteiger charge is -2.05. The maximum Gasteiger partial charge on any atom is 0.0466 e. The van der Waals surface area contributed by atoms with Crippen molar-refractivity contribution in [1.82, 2.24) is 0 Å². The molecular formula is C16H34O4. The highest BCUT2D eigenvalue weighted by Crippen LogP contribution is 2.03. The SMILES string of the molecule is OCCCCCCOCCCCCCOCCCCO. The van der Waals surface area contributed by atoms with E-state index in [0.29, 0.717) is 6.61 Å². The Morgan fingerprint density at radius 1 is 0.400 bits per heavy atom. The first kappa shape index (κ1) is 19.8. The van der Waals surface area contributed by atoms with Crippen LogP contribution in [0.2, 0.25) is 0 Å². The smallest absolute Gasteiger partial charge is 0.0466 e. The zero-order valence-corrected chi connectivity index (χ0v) is 13.0. The lowest BCUT2D eigenvalue weighted by atomic mass is 10.2. The fraction of sp³-hybridized carbons (Fsp3) is 1.00. The molecule has 0 spiro atoms. The van der Waals surface area contributed by atoms with Gasteiger partial charge in [0.05, 0.1) is 0 Å². The van der Waals surface area contributed by atoms with Crippen molar-refractivity contribution >= 4 is 0 Å². The molecule has 0 heterocycles. The Morgan fingerprint density at radius 3 is 1.10 bits per heavy atom. The molecule has 4 heteroatoms. The van der Waals surface area contributed by atoms with Gasteiger partial charge in [-0.25, -0.2) is 0 Å². The van der Waals surface area contributed by atoms with Crippen LogP contribution in [0.5, 0.6) is 0 Å². The number of hydrogen-bond donors (Lipinski definition) is 2. The fourth-order valence-electron chi connectivity index (χ4n) is 1.95. The minimum absolute atomic E-state index is 0.269. The number of aliphatic hydroxyl groups excluding tert-OH is 2. The van der Waals surface area contributed by atoms with Crippen LogP contribution in [-0.2, 0) is 9.47 Å². The van der Waals surface area contributed by atoms with E-state index in [1.54, 1.807) is 0 Å². The van der Waals surface area contributed by atoms with Crippen LogP contribution < -0.4 is 0 Å². The summed E-state index contributed by atoms with van der Waals surface area (Å²) in [4.78, 5) is 0. The van der Waals surface area contributed by atoms with E-state index in [4.69, 9.17) is 19.7 Å². The number of rotatable bonds is 17. The van der Waals surface area contributed by atoms with Gasteiger partial charge in [-0.2, -0.15) is 0 Å². The summed E-state index contributed by atoms with van der Waals surface area (Å²) in [5.74, 6) is 0. The van der Waals surface area contributed by atoms with E-state index in [9.17, 15) is 0 Å². The molecule has 0 aliphatic carbocycles. The molecule has 0 radical (unpaired) electrons. The Bertz CT molecular complexity index is 147. The zero-order chi connectivity index (χ0) is 14.7.